The van der Waals surface area contributed by atoms with E-state index < -0.39 is 25.0 Å². The molecule has 0 fully saturated rings. The number of hydrogen-bond acceptors (Lipinski definition) is 4. The number of carbonyl (C=O) groups is 2. The van der Waals surface area contributed by atoms with Gasteiger partial charge in [0.1, 0.15) is 13.2 Å². The lowest BCUT2D eigenvalue weighted by Gasteiger charge is -2.28. The van der Waals surface area contributed by atoms with E-state index in [1.54, 1.807) is 36.4 Å². The van der Waals surface area contributed by atoms with Gasteiger partial charge in [-0.3, -0.25) is 19.4 Å². The van der Waals surface area contributed by atoms with E-state index in [-0.39, 0.29) is 0 Å². The van der Waals surface area contributed by atoms with E-state index >= 15 is 0 Å². The van der Waals surface area contributed by atoms with Crippen molar-refractivity contribution in [2.45, 2.75) is 0 Å². The van der Waals surface area contributed by atoms with Gasteiger partial charge in [0.05, 0.1) is 11.4 Å². The highest BCUT2D eigenvalue weighted by atomic mass is 79.9. The first-order valence-corrected chi connectivity index (χ1v) is 11.9. The number of anilines is 4. The highest BCUT2D eigenvalue weighted by Gasteiger charge is 2.24. The van der Waals surface area contributed by atoms with Crippen LogP contribution in [0.4, 0.5) is 22.7 Å². The minimum atomic E-state index is -0.667. The monoisotopic (exact) mass is 582 g/mol. The number of aliphatic hydroxyl groups excluding tert-OH is 2. The normalized spacial score (nSPS) is 10.8. The molecular formula is C26H20Br2N2O4. The standard InChI is InChI=1S/C26H20Br2N2O4/c27-17-5-9-19(10-6-17)29(25(33)15-31)23-13-14-24(22-4-2-1-3-21(22)23)30(26(34)16-32)20-11-7-18(28)8-12-20/h1-14,31-32H,15-16H2. The Morgan fingerprint density at radius 1 is 0.588 bits per heavy atom. The van der Waals surface area contributed by atoms with Gasteiger partial charge < -0.3 is 10.2 Å². The smallest absolute Gasteiger partial charge is 0.257 e. The molecule has 2 N–H and O–H groups in total. The third kappa shape index (κ3) is 4.76. The number of nitrogens with zero attached hydrogens (tertiary/aromatic N) is 2. The number of amides is 2. The molecule has 0 heterocycles. The van der Waals surface area contributed by atoms with Crippen molar-refractivity contribution in [1.82, 2.24) is 0 Å². The second-order valence-corrected chi connectivity index (χ2v) is 9.21. The summed E-state index contributed by atoms with van der Waals surface area (Å²) < 4.78 is 1.72. The summed E-state index contributed by atoms with van der Waals surface area (Å²) in [6.07, 6.45) is 0. The van der Waals surface area contributed by atoms with Crippen molar-refractivity contribution in [2.24, 2.45) is 0 Å². The highest BCUT2D eigenvalue weighted by Crippen LogP contribution is 2.40. The fraction of sp³-hybridized carbons (Fsp3) is 0.0769. The van der Waals surface area contributed by atoms with Crippen LogP contribution in [0.2, 0.25) is 0 Å². The number of fused-ring (bicyclic) bond motifs is 1. The first-order chi connectivity index (χ1) is 16.4. The largest absolute Gasteiger partial charge is 0.387 e. The van der Waals surface area contributed by atoms with Crippen LogP contribution in [-0.4, -0.2) is 35.2 Å². The van der Waals surface area contributed by atoms with Gasteiger partial charge in [0.15, 0.2) is 0 Å². The second kappa shape index (κ2) is 10.5. The molecule has 0 saturated heterocycles. The Morgan fingerprint density at radius 2 is 0.941 bits per heavy atom. The summed E-state index contributed by atoms with van der Waals surface area (Å²) in [4.78, 5) is 28.6. The van der Waals surface area contributed by atoms with E-state index in [2.05, 4.69) is 31.9 Å². The average Bonchev–Trinajstić information content (AvgIpc) is 2.87. The van der Waals surface area contributed by atoms with E-state index in [1.807, 2.05) is 48.5 Å². The van der Waals surface area contributed by atoms with Crippen LogP contribution in [-0.2, 0) is 9.59 Å². The van der Waals surface area contributed by atoms with Crippen LogP contribution < -0.4 is 9.80 Å². The lowest BCUT2D eigenvalue weighted by Crippen LogP contribution is -2.30. The van der Waals surface area contributed by atoms with Crippen LogP contribution in [0, 0.1) is 0 Å². The zero-order valence-electron chi connectivity index (χ0n) is 17.9. The minimum Gasteiger partial charge on any atom is -0.387 e. The fourth-order valence-electron chi connectivity index (χ4n) is 3.81. The molecule has 0 bridgehead atoms. The van der Waals surface area contributed by atoms with Crippen molar-refractivity contribution in [1.29, 1.82) is 0 Å². The summed E-state index contributed by atoms with van der Waals surface area (Å²) in [5, 5.41) is 20.8. The molecule has 4 aromatic carbocycles. The van der Waals surface area contributed by atoms with Gasteiger partial charge in [-0.05, 0) is 60.7 Å². The van der Waals surface area contributed by atoms with Crippen molar-refractivity contribution in [3.63, 3.8) is 0 Å². The van der Waals surface area contributed by atoms with Crippen LogP contribution in [0.3, 0.4) is 0 Å². The molecule has 0 radical (unpaired) electrons. The van der Waals surface area contributed by atoms with Crippen molar-refractivity contribution in [3.8, 4) is 0 Å². The number of halogens is 2. The van der Waals surface area contributed by atoms with Crippen molar-refractivity contribution < 1.29 is 19.8 Å². The van der Waals surface area contributed by atoms with Gasteiger partial charge in [0.2, 0.25) is 0 Å². The average molecular weight is 584 g/mol. The molecule has 4 rings (SSSR count). The lowest BCUT2D eigenvalue weighted by atomic mass is 10.0. The molecule has 6 nitrogen and oxygen atoms in total. The number of carbonyl (C=O) groups excluding carboxylic acids is 2. The summed E-state index contributed by atoms with van der Waals surface area (Å²) in [7, 11) is 0. The molecule has 4 aromatic rings. The Kier molecular flexibility index (Phi) is 7.43. The maximum absolute atomic E-state index is 12.8. The Labute approximate surface area is 213 Å². The van der Waals surface area contributed by atoms with Gasteiger partial charge in [-0.1, -0.05) is 56.1 Å². The van der Waals surface area contributed by atoms with Gasteiger partial charge in [-0.2, -0.15) is 0 Å². The molecule has 34 heavy (non-hydrogen) atoms. The van der Waals surface area contributed by atoms with E-state index in [1.165, 1.54) is 9.80 Å². The van der Waals surface area contributed by atoms with E-state index in [4.69, 9.17) is 0 Å². The Hall–Kier alpha value is -3.04. The van der Waals surface area contributed by atoms with Crippen LogP contribution in [0.1, 0.15) is 0 Å². The van der Waals surface area contributed by atoms with Gasteiger partial charge in [0.25, 0.3) is 11.8 Å². The quantitative estimate of drug-likeness (QED) is 0.306. The van der Waals surface area contributed by atoms with Crippen molar-refractivity contribution in [2.75, 3.05) is 23.0 Å². The van der Waals surface area contributed by atoms with Crippen LogP contribution >= 0.6 is 31.9 Å². The molecule has 0 saturated carbocycles. The molecule has 0 spiro atoms. The molecule has 2 amide bonds. The number of benzene rings is 4. The number of hydrogen-bond donors (Lipinski definition) is 2. The summed E-state index contributed by atoms with van der Waals surface area (Å²) >= 11 is 6.81. The summed E-state index contributed by atoms with van der Waals surface area (Å²) in [6, 6.07) is 25.3. The zero-order chi connectivity index (χ0) is 24.2. The van der Waals surface area contributed by atoms with E-state index in [0.29, 0.717) is 33.5 Å². The van der Waals surface area contributed by atoms with E-state index in [0.717, 1.165) is 8.95 Å². The molecule has 0 unspecified atom stereocenters. The third-order valence-corrected chi connectivity index (χ3v) is 6.36. The predicted octanol–water partition coefficient (Wildman–Crippen LogP) is 5.68. The molecular weight excluding hydrogens is 564 g/mol. The van der Waals surface area contributed by atoms with Gasteiger partial charge >= 0.3 is 0 Å². The summed E-state index contributed by atoms with van der Waals surface area (Å²) in [5.41, 5.74) is 2.31. The summed E-state index contributed by atoms with van der Waals surface area (Å²) in [5.74, 6) is -0.979. The lowest BCUT2D eigenvalue weighted by molar-refractivity contribution is -0.121. The van der Waals surface area contributed by atoms with Gasteiger partial charge in [-0.15, -0.1) is 0 Å². The number of aliphatic hydroxyl groups is 2. The molecule has 0 aromatic heterocycles. The van der Waals surface area contributed by atoms with Crippen LogP contribution in [0.5, 0.6) is 0 Å². The minimum absolute atomic E-state index is 0.489. The third-order valence-electron chi connectivity index (χ3n) is 5.30. The Bertz CT molecular complexity index is 1240. The first-order valence-electron chi connectivity index (χ1n) is 10.3. The molecule has 8 heteroatoms. The molecule has 0 aliphatic carbocycles. The molecule has 0 aliphatic heterocycles. The molecule has 172 valence electrons. The van der Waals surface area contributed by atoms with Gasteiger partial charge in [0, 0.05) is 31.1 Å². The summed E-state index contributed by atoms with van der Waals surface area (Å²) in [6.45, 7) is -1.33. The maximum atomic E-state index is 12.8. The maximum Gasteiger partial charge on any atom is 0.257 e. The number of rotatable bonds is 6. The second-order valence-electron chi connectivity index (χ2n) is 7.38. The van der Waals surface area contributed by atoms with Crippen molar-refractivity contribution in [3.05, 3.63) is 93.9 Å². The molecule has 0 atom stereocenters. The fourth-order valence-corrected chi connectivity index (χ4v) is 4.34. The Morgan fingerprint density at radius 3 is 1.26 bits per heavy atom. The van der Waals surface area contributed by atoms with Gasteiger partial charge in [-0.25, -0.2) is 0 Å². The Balaban J connectivity index is 1.94. The highest BCUT2D eigenvalue weighted by molar-refractivity contribution is 9.10. The zero-order valence-corrected chi connectivity index (χ0v) is 21.0. The predicted molar refractivity (Wildman–Crippen MR) is 141 cm³/mol. The van der Waals surface area contributed by atoms with E-state index in [9.17, 15) is 19.8 Å². The van der Waals surface area contributed by atoms with Crippen LogP contribution in [0.15, 0.2) is 93.9 Å². The topological polar surface area (TPSA) is 81.1 Å². The molecule has 0 aliphatic rings. The van der Waals surface area contributed by atoms with Crippen molar-refractivity contribution >= 4 is 77.2 Å². The first kappa shape index (κ1) is 24.1. The van der Waals surface area contributed by atoms with Crippen LogP contribution in [0.25, 0.3) is 10.8 Å². The SMILES string of the molecule is O=C(CO)N(c1ccc(Br)cc1)c1ccc(N(C(=O)CO)c2ccc(Br)cc2)c2ccccc12.